The zero-order chi connectivity index (χ0) is 18.8. The summed E-state index contributed by atoms with van der Waals surface area (Å²) < 4.78 is 10.7. The van der Waals surface area contributed by atoms with E-state index in [0.717, 1.165) is 11.1 Å². The molecule has 0 spiro atoms. The molecule has 3 rings (SSSR count). The largest absolute Gasteiger partial charge is 0.493 e. The van der Waals surface area contributed by atoms with E-state index in [9.17, 15) is 14.9 Å². The summed E-state index contributed by atoms with van der Waals surface area (Å²) in [5.41, 5.74) is 2.33. The molecule has 136 valence electrons. The van der Waals surface area contributed by atoms with E-state index in [0.29, 0.717) is 30.0 Å². The summed E-state index contributed by atoms with van der Waals surface area (Å²) >= 11 is 0. The summed E-state index contributed by atoms with van der Waals surface area (Å²) in [7, 11) is 3.17. The van der Waals surface area contributed by atoms with Crippen molar-refractivity contribution in [1.29, 1.82) is 0 Å². The lowest BCUT2D eigenvalue weighted by Gasteiger charge is -2.35. The van der Waals surface area contributed by atoms with Gasteiger partial charge in [-0.25, -0.2) is 0 Å². The Morgan fingerprint density at radius 1 is 1.19 bits per heavy atom. The van der Waals surface area contributed by atoms with Crippen molar-refractivity contribution in [2.75, 3.05) is 20.8 Å². The lowest BCUT2D eigenvalue weighted by atomic mass is 9.92. The Morgan fingerprint density at radius 2 is 1.88 bits per heavy atom. The summed E-state index contributed by atoms with van der Waals surface area (Å²) in [5, 5.41) is 11.0. The van der Waals surface area contributed by atoms with E-state index in [1.165, 1.54) is 18.2 Å². The van der Waals surface area contributed by atoms with Gasteiger partial charge in [0.15, 0.2) is 11.5 Å². The van der Waals surface area contributed by atoms with Gasteiger partial charge in [-0.3, -0.25) is 14.9 Å². The summed E-state index contributed by atoms with van der Waals surface area (Å²) in [6.07, 6.45) is 0.681. The molecule has 0 radical (unpaired) electrons. The first-order valence-corrected chi connectivity index (χ1v) is 8.26. The molecule has 0 bridgehead atoms. The monoisotopic (exact) mass is 356 g/mol. The average molecular weight is 356 g/mol. The summed E-state index contributed by atoms with van der Waals surface area (Å²) in [6.45, 7) is 2.48. The second-order valence-corrected chi connectivity index (χ2v) is 6.14. The molecule has 1 amide bonds. The highest BCUT2D eigenvalue weighted by Gasteiger charge is 2.30. The van der Waals surface area contributed by atoms with Gasteiger partial charge in [0.2, 0.25) is 0 Å². The van der Waals surface area contributed by atoms with Crippen molar-refractivity contribution in [1.82, 2.24) is 4.90 Å². The van der Waals surface area contributed by atoms with Crippen molar-refractivity contribution in [3.05, 3.63) is 63.2 Å². The fraction of sp³-hybridized carbons (Fsp3) is 0.316. The molecule has 0 fully saturated rings. The predicted molar refractivity (Wildman–Crippen MR) is 95.8 cm³/mol. The van der Waals surface area contributed by atoms with Crippen LogP contribution >= 0.6 is 0 Å². The van der Waals surface area contributed by atoms with Crippen LogP contribution in [0.1, 0.15) is 34.5 Å². The number of amides is 1. The number of rotatable bonds is 4. The lowest BCUT2D eigenvalue weighted by Crippen LogP contribution is -2.38. The maximum atomic E-state index is 12.9. The Balaban J connectivity index is 1.93. The van der Waals surface area contributed by atoms with E-state index < -0.39 is 4.92 Å². The standard InChI is InChI=1S/C19H20N2O5/c1-12-16-11-18(26-3)17(25-2)10-13(16)7-8-20(12)19(22)14-5-4-6-15(9-14)21(23)24/h4-6,9-12H,7-8H2,1-3H3/t12-/m1/s1. The van der Waals surface area contributed by atoms with Gasteiger partial charge in [0.25, 0.3) is 11.6 Å². The number of non-ortho nitro benzene ring substituents is 1. The van der Waals surface area contributed by atoms with E-state index >= 15 is 0 Å². The zero-order valence-corrected chi connectivity index (χ0v) is 14.9. The fourth-order valence-electron chi connectivity index (χ4n) is 3.34. The molecular weight excluding hydrogens is 336 g/mol. The number of carbonyl (C=O) groups excluding carboxylic acids is 1. The Kier molecular flexibility index (Phi) is 4.79. The number of hydrogen-bond acceptors (Lipinski definition) is 5. The normalized spacial score (nSPS) is 16.0. The zero-order valence-electron chi connectivity index (χ0n) is 14.9. The quantitative estimate of drug-likeness (QED) is 0.620. The number of nitrogens with zero attached hydrogens (tertiary/aromatic N) is 2. The second kappa shape index (κ2) is 7.03. The SMILES string of the molecule is COc1cc2c(cc1OC)[C@@H](C)N(C(=O)c1cccc([N+](=O)[O-])c1)CC2. The van der Waals surface area contributed by atoms with E-state index in [4.69, 9.17) is 9.47 Å². The Labute approximate surface area is 151 Å². The van der Waals surface area contributed by atoms with Gasteiger partial charge in [0.1, 0.15) is 0 Å². The van der Waals surface area contributed by atoms with Crippen LogP contribution in [0.3, 0.4) is 0 Å². The van der Waals surface area contributed by atoms with E-state index in [2.05, 4.69) is 0 Å². The molecule has 0 saturated heterocycles. The van der Waals surface area contributed by atoms with E-state index in [-0.39, 0.29) is 17.6 Å². The molecule has 7 heteroatoms. The molecule has 0 unspecified atom stereocenters. The molecule has 2 aromatic rings. The van der Waals surface area contributed by atoms with Crippen LogP contribution in [0.25, 0.3) is 0 Å². The highest BCUT2D eigenvalue weighted by Crippen LogP contribution is 2.38. The first-order valence-electron chi connectivity index (χ1n) is 8.26. The van der Waals surface area contributed by atoms with Crippen LogP contribution in [0.2, 0.25) is 0 Å². The molecule has 0 saturated carbocycles. The van der Waals surface area contributed by atoms with Crippen molar-refractivity contribution in [2.24, 2.45) is 0 Å². The number of nitro benzene ring substituents is 1. The van der Waals surface area contributed by atoms with Crippen molar-refractivity contribution >= 4 is 11.6 Å². The van der Waals surface area contributed by atoms with Crippen molar-refractivity contribution < 1.29 is 19.2 Å². The Hall–Kier alpha value is -3.09. The van der Waals surface area contributed by atoms with Gasteiger partial charge < -0.3 is 14.4 Å². The molecule has 7 nitrogen and oxygen atoms in total. The summed E-state index contributed by atoms with van der Waals surface area (Å²) in [6, 6.07) is 9.49. The number of carbonyl (C=O) groups is 1. The molecule has 2 aromatic carbocycles. The highest BCUT2D eigenvalue weighted by atomic mass is 16.6. The average Bonchev–Trinajstić information content (AvgIpc) is 2.67. The van der Waals surface area contributed by atoms with Gasteiger partial charge in [-0.1, -0.05) is 6.07 Å². The number of ether oxygens (including phenoxy) is 2. The van der Waals surface area contributed by atoms with Gasteiger partial charge in [-0.2, -0.15) is 0 Å². The Morgan fingerprint density at radius 3 is 2.54 bits per heavy atom. The number of benzene rings is 2. The summed E-state index contributed by atoms with van der Waals surface area (Å²) in [5.74, 6) is 1.06. The van der Waals surface area contributed by atoms with Gasteiger partial charge in [-0.05, 0) is 42.7 Å². The second-order valence-electron chi connectivity index (χ2n) is 6.14. The van der Waals surface area contributed by atoms with Crippen LogP contribution in [0.15, 0.2) is 36.4 Å². The van der Waals surface area contributed by atoms with Crippen molar-refractivity contribution in [3.63, 3.8) is 0 Å². The molecule has 26 heavy (non-hydrogen) atoms. The first-order chi connectivity index (χ1) is 12.5. The van der Waals surface area contributed by atoms with Crippen molar-refractivity contribution in [3.8, 4) is 11.5 Å². The van der Waals surface area contributed by atoms with Crippen molar-refractivity contribution in [2.45, 2.75) is 19.4 Å². The van der Waals surface area contributed by atoms with Gasteiger partial charge in [0, 0.05) is 24.2 Å². The Bertz CT molecular complexity index is 865. The molecule has 0 aliphatic carbocycles. The maximum Gasteiger partial charge on any atom is 0.270 e. The minimum absolute atomic E-state index is 0.0904. The molecule has 1 aliphatic rings. The smallest absolute Gasteiger partial charge is 0.270 e. The van der Waals surface area contributed by atoms with Crippen LogP contribution in [0.4, 0.5) is 5.69 Å². The van der Waals surface area contributed by atoms with Gasteiger partial charge >= 0.3 is 0 Å². The molecule has 1 aliphatic heterocycles. The van der Waals surface area contributed by atoms with E-state index in [1.807, 2.05) is 19.1 Å². The third-order valence-electron chi connectivity index (χ3n) is 4.75. The first kappa shape index (κ1) is 17.7. The molecule has 0 aromatic heterocycles. The predicted octanol–water partition coefficient (Wildman–Crippen LogP) is 3.37. The third-order valence-corrected chi connectivity index (χ3v) is 4.75. The topological polar surface area (TPSA) is 81.9 Å². The van der Waals surface area contributed by atoms with Crippen LogP contribution in [-0.2, 0) is 6.42 Å². The van der Waals surface area contributed by atoms with Gasteiger partial charge in [0.05, 0.1) is 25.2 Å². The molecule has 1 atom stereocenters. The molecule has 1 heterocycles. The lowest BCUT2D eigenvalue weighted by molar-refractivity contribution is -0.384. The van der Waals surface area contributed by atoms with Crippen LogP contribution < -0.4 is 9.47 Å². The third kappa shape index (κ3) is 3.08. The minimum Gasteiger partial charge on any atom is -0.493 e. The number of nitro groups is 1. The minimum atomic E-state index is -0.497. The van der Waals surface area contributed by atoms with Crippen LogP contribution in [-0.4, -0.2) is 36.5 Å². The van der Waals surface area contributed by atoms with Crippen LogP contribution in [0.5, 0.6) is 11.5 Å². The van der Waals surface area contributed by atoms with Crippen LogP contribution in [0, 0.1) is 10.1 Å². The maximum absolute atomic E-state index is 12.9. The number of hydrogen-bond donors (Lipinski definition) is 0. The summed E-state index contributed by atoms with van der Waals surface area (Å²) in [4.78, 5) is 25.1. The van der Waals surface area contributed by atoms with Gasteiger partial charge in [-0.15, -0.1) is 0 Å². The number of fused-ring (bicyclic) bond motifs is 1. The molecule has 0 N–H and O–H groups in total. The highest BCUT2D eigenvalue weighted by molar-refractivity contribution is 5.95. The van der Waals surface area contributed by atoms with E-state index in [1.54, 1.807) is 25.2 Å². The molecular formula is C19H20N2O5. The fourth-order valence-corrected chi connectivity index (χ4v) is 3.34. The number of methoxy groups -OCH3 is 2.